The first-order valence-electron chi connectivity index (χ1n) is 8.53. The lowest BCUT2D eigenvalue weighted by Gasteiger charge is -2.39. The number of fused-ring (bicyclic) bond motifs is 2. The average molecular weight is 293 g/mol. The van der Waals surface area contributed by atoms with Crippen LogP contribution in [0.1, 0.15) is 50.3 Å². The van der Waals surface area contributed by atoms with Crippen LogP contribution < -0.4 is 0 Å². The average Bonchev–Trinajstić information content (AvgIpc) is 2.99. The standard InChI is InChI=1S/C20H23NO/c1-2-20-10-5-12-21-13-9-18(19(20)21)17-7-4-3-6-15(17)14-16(22)8-11-20/h3-4,6-7,9,13H,2,5,8,10-12,14H2,1H3/t20-/m0/s1. The molecule has 1 aromatic carbocycles. The number of carbonyl (C=O) groups excluding carboxylic acids is 1. The maximum absolute atomic E-state index is 12.4. The summed E-state index contributed by atoms with van der Waals surface area (Å²) < 4.78 is 2.45. The van der Waals surface area contributed by atoms with Gasteiger partial charge in [0.2, 0.25) is 0 Å². The molecule has 114 valence electrons. The molecule has 0 N–H and O–H groups in total. The largest absolute Gasteiger partial charge is 0.350 e. The van der Waals surface area contributed by atoms with Crippen LogP contribution in [0.5, 0.6) is 0 Å². The Morgan fingerprint density at radius 1 is 1.14 bits per heavy atom. The van der Waals surface area contributed by atoms with Crippen LogP contribution in [0, 0.1) is 0 Å². The predicted octanol–water partition coefficient (Wildman–Crippen LogP) is 4.50. The van der Waals surface area contributed by atoms with E-state index < -0.39 is 0 Å². The van der Waals surface area contributed by atoms with Crippen molar-refractivity contribution < 1.29 is 4.79 Å². The third kappa shape index (κ3) is 1.97. The van der Waals surface area contributed by atoms with Gasteiger partial charge in [-0.2, -0.15) is 0 Å². The molecule has 0 saturated carbocycles. The molecule has 0 spiro atoms. The molecule has 1 atom stereocenters. The highest BCUT2D eigenvalue weighted by molar-refractivity contribution is 5.85. The molecule has 1 aliphatic heterocycles. The Bertz CT molecular complexity index is 727. The molecule has 22 heavy (non-hydrogen) atoms. The van der Waals surface area contributed by atoms with Crippen LogP contribution in [-0.2, 0) is 23.2 Å². The van der Waals surface area contributed by atoms with E-state index in [9.17, 15) is 4.79 Å². The number of nitrogens with zero attached hydrogens (tertiary/aromatic N) is 1. The molecule has 0 amide bonds. The summed E-state index contributed by atoms with van der Waals surface area (Å²) in [5.74, 6) is 0.391. The number of benzene rings is 1. The number of aromatic nitrogens is 1. The highest BCUT2D eigenvalue weighted by Crippen LogP contribution is 2.47. The lowest BCUT2D eigenvalue weighted by molar-refractivity contribution is -0.118. The fourth-order valence-electron chi connectivity index (χ4n) is 4.55. The fraction of sp³-hybridized carbons (Fsp3) is 0.450. The zero-order chi connectivity index (χ0) is 15.2. The molecule has 2 aliphatic rings. The molecule has 0 saturated heterocycles. The van der Waals surface area contributed by atoms with Crippen LogP contribution in [0.3, 0.4) is 0 Å². The van der Waals surface area contributed by atoms with Gasteiger partial charge in [0.05, 0.1) is 0 Å². The van der Waals surface area contributed by atoms with Crippen molar-refractivity contribution in [3.05, 3.63) is 47.8 Å². The van der Waals surface area contributed by atoms with Gasteiger partial charge in [-0.25, -0.2) is 0 Å². The smallest absolute Gasteiger partial charge is 0.137 e. The molecule has 2 heterocycles. The van der Waals surface area contributed by atoms with Crippen molar-refractivity contribution in [3.8, 4) is 11.1 Å². The topological polar surface area (TPSA) is 22.0 Å². The maximum Gasteiger partial charge on any atom is 0.137 e. The van der Waals surface area contributed by atoms with Gasteiger partial charge in [-0.1, -0.05) is 31.2 Å². The van der Waals surface area contributed by atoms with Crippen LogP contribution in [0.15, 0.2) is 36.5 Å². The van der Waals surface area contributed by atoms with E-state index in [4.69, 9.17) is 0 Å². The highest BCUT2D eigenvalue weighted by Gasteiger charge is 2.39. The van der Waals surface area contributed by atoms with Gasteiger partial charge >= 0.3 is 0 Å². The van der Waals surface area contributed by atoms with Gasteiger partial charge in [0.15, 0.2) is 0 Å². The van der Waals surface area contributed by atoms with E-state index in [1.165, 1.54) is 35.2 Å². The molecule has 2 nitrogen and oxygen atoms in total. The Balaban J connectivity index is 2.00. The predicted molar refractivity (Wildman–Crippen MR) is 89.0 cm³/mol. The SMILES string of the molecule is CC[C@@]12CCCn3ccc(c31)-c1ccccc1CC(=O)CC2. The summed E-state index contributed by atoms with van der Waals surface area (Å²) in [5.41, 5.74) is 5.50. The Hall–Kier alpha value is -1.83. The molecule has 2 heteroatoms. The van der Waals surface area contributed by atoms with Crippen molar-refractivity contribution in [1.82, 2.24) is 4.57 Å². The molecule has 4 rings (SSSR count). The van der Waals surface area contributed by atoms with Crippen molar-refractivity contribution >= 4 is 5.78 Å². The first-order chi connectivity index (χ1) is 10.7. The first-order valence-corrected chi connectivity index (χ1v) is 8.53. The van der Waals surface area contributed by atoms with Crippen molar-refractivity contribution in [2.75, 3.05) is 0 Å². The second-order valence-electron chi connectivity index (χ2n) is 6.88. The maximum atomic E-state index is 12.4. The van der Waals surface area contributed by atoms with Crippen LogP contribution in [0.4, 0.5) is 0 Å². The highest BCUT2D eigenvalue weighted by atomic mass is 16.1. The minimum absolute atomic E-state index is 0.185. The summed E-state index contributed by atoms with van der Waals surface area (Å²) in [6, 6.07) is 10.7. The molecule has 0 bridgehead atoms. The third-order valence-corrected chi connectivity index (χ3v) is 5.77. The molecule has 0 radical (unpaired) electrons. The molecule has 1 aromatic heterocycles. The zero-order valence-electron chi connectivity index (χ0n) is 13.3. The fourth-order valence-corrected chi connectivity index (χ4v) is 4.55. The number of hydrogen-bond acceptors (Lipinski definition) is 1. The van der Waals surface area contributed by atoms with Crippen molar-refractivity contribution in [2.24, 2.45) is 0 Å². The van der Waals surface area contributed by atoms with Gasteiger partial charge in [-0.15, -0.1) is 0 Å². The van der Waals surface area contributed by atoms with Crippen LogP contribution >= 0.6 is 0 Å². The third-order valence-electron chi connectivity index (χ3n) is 5.77. The molecule has 0 fully saturated rings. The number of rotatable bonds is 1. The van der Waals surface area contributed by atoms with Crippen LogP contribution in [0.25, 0.3) is 11.1 Å². The normalized spacial score (nSPS) is 24.0. The van der Waals surface area contributed by atoms with Crippen molar-refractivity contribution in [3.63, 3.8) is 0 Å². The summed E-state index contributed by atoms with van der Waals surface area (Å²) in [7, 11) is 0. The van der Waals surface area contributed by atoms with E-state index in [2.05, 4.69) is 48.0 Å². The molecular weight excluding hydrogens is 270 g/mol. The number of ketones is 1. The molecule has 2 aromatic rings. The Morgan fingerprint density at radius 3 is 2.86 bits per heavy atom. The van der Waals surface area contributed by atoms with E-state index in [1.807, 2.05) is 0 Å². The van der Waals surface area contributed by atoms with Crippen molar-refractivity contribution in [2.45, 2.75) is 57.4 Å². The monoisotopic (exact) mass is 293 g/mol. The number of Topliss-reactive ketones (excluding diaryl/α,β-unsaturated/α-hetero) is 1. The second kappa shape index (κ2) is 5.12. The number of hydrogen-bond donors (Lipinski definition) is 0. The summed E-state index contributed by atoms with van der Waals surface area (Å²) >= 11 is 0. The summed E-state index contributed by atoms with van der Waals surface area (Å²) in [5, 5.41) is 0. The lowest BCUT2D eigenvalue weighted by atomic mass is 9.70. The van der Waals surface area contributed by atoms with E-state index in [0.29, 0.717) is 18.6 Å². The molecule has 0 unspecified atom stereocenters. The van der Waals surface area contributed by atoms with Crippen LogP contribution in [0.2, 0.25) is 0 Å². The summed E-state index contributed by atoms with van der Waals surface area (Å²) in [6.07, 6.45) is 8.13. The van der Waals surface area contributed by atoms with E-state index in [1.54, 1.807) is 0 Å². The summed E-state index contributed by atoms with van der Waals surface area (Å²) in [6.45, 7) is 3.41. The number of aryl methyl sites for hydroxylation is 1. The van der Waals surface area contributed by atoms with Crippen molar-refractivity contribution in [1.29, 1.82) is 0 Å². The molecule has 1 aliphatic carbocycles. The second-order valence-corrected chi connectivity index (χ2v) is 6.88. The van der Waals surface area contributed by atoms with E-state index >= 15 is 0 Å². The minimum Gasteiger partial charge on any atom is -0.350 e. The first kappa shape index (κ1) is 13.8. The van der Waals surface area contributed by atoms with Gasteiger partial charge in [0, 0.05) is 42.3 Å². The Kier molecular flexibility index (Phi) is 3.21. The summed E-state index contributed by atoms with van der Waals surface area (Å²) in [4.78, 5) is 12.4. The van der Waals surface area contributed by atoms with E-state index in [0.717, 1.165) is 19.4 Å². The quantitative estimate of drug-likeness (QED) is 0.758. The van der Waals surface area contributed by atoms with E-state index in [-0.39, 0.29) is 5.41 Å². The van der Waals surface area contributed by atoms with Crippen LogP contribution in [-0.4, -0.2) is 10.4 Å². The Morgan fingerprint density at radius 2 is 2.00 bits per heavy atom. The Labute approximate surface area is 132 Å². The molecular formula is C20H23NO. The van der Waals surface area contributed by atoms with Gasteiger partial charge in [-0.3, -0.25) is 4.79 Å². The lowest BCUT2D eigenvalue weighted by Crippen LogP contribution is -2.33. The van der Waals surface area contributed by atoms with Gasteiger partial charge < -0.3 is 4.57 Å². The number of carbonyl (C=O) groups is 1. The van der Waals surface area contributed by atoms with Gasteiger partial charge in [0.25, 0.3) is 0 Å². The van der Waals surface area contributed by atoms with Gasteiger partial charge in [-0.05, 0) is 42.9 Å². The minimum atomic E-state index is 0.185. The zero-order valence-corrected chi connectivity index (χ0v) is 13.3. The van der Waals surface area contributed by atoms with Gasteiger partial charge in [0.1, 0.15) is 5.78 Å².